The highest BCUT2D eigenvalue weighted by molar-refractivity contribution is 5.66. The lowest BCUT2D eigenvalue weighted by Gasteiger charge is -2.21. The van der Waals surface area contributed by atoms with Crippen LogP contribution >= 0.6 is 0 Å². The molecule has 6 nitrogen and oxygen atoms in total. The van der Waals surface area contributed by atoms with E-state index in [9.17, 15) is 23.8 Å². The van der Waals surface area contributed by atoms with Crippen molar-refractivity contribution in [1.29, 1.82) is 0 Å². The predicted molar refractivity (Wildman–Crippen MR) is 109 cm³/mol. The van der Waals surface area contributed by atoms with Crippen LogP contribution in [0.2, 0.25) is 0 Å². The van der Waals surface area contributed by atoms with E-state index < -0.39 is 29.8 Å². The summed E-state index contributed by atoms with van der Waals surface area (Å²) in [6.45, 7) is 0.329. The van der Waals surface area contributed by atoms with Gasteiger partial charge < -0.3 is 24.8 Å². The number of benzene rings is 1. The summed E-state index contributed by atoms with van der Waals surface area (Å²) in [5.74, 6) is -2.14. The first-order valence-electron chi connectivity index (χ1n) is 10.8. The van der Waals surface area contributed by atoms with Gasteiger partial charge in [0.05, 0.1) is 12.2 Å². The first-order chi connectivity index (χ1) is 14.8. The number of rotatable bonds is 9. The van der Waals surface area contributed by atoms with Crippen molar-refractivity contribution in [3.05, 3.63) is 42.0 Å². The number of aliphatic carboxylic acids is 1. The topological polar surface area (TPSA) is 96.2 Å². The molecule has 0 unspecified atom stereocenters. The van der Waals surface area contributed by atoms with Gasteiger partial charge in [0.25, 0.3) is 0 Å². The first-order valence-corrected chi connectivity index (χ1v) is 10.8. The van der Waals surface area contributed by atoms with Gasteiger partial charge >= 0.3 is 5.97 Å². The molecule has 0 radical (unpaired) electrons. The van der Waals surface area contributed by atoms with Crippen LogP contribution in [0.5, 0.6) is 5.75 Å². The van der Waals surface area contributed by atoms with Crippen LogP contribution in [0.3, 0.4) is 0 Å². The second-order valence-electron chi connectivity index (χ2n) is 8.48. The monoisotopic (exact) mass is 440 g/mol. The molecular formula is C23H30F2O6. The molecule has 1 aliphatic heterocycles. The van der Waals surface area contributed by atoms with Gasteiger partial charge in [0.15, 0.2) is 11.6 Å². The van der Waals surface area contributed by atoms with Crippen molar-refractivity contribution in [2.75, 3.05) is 13.2 Å². The quantitative estimate of drug-likeness (QED) is 0.510. The van der Waals surface area contributed by atoms with Crippen molar-refractivity contribution >= 4 is 5.97 Å². The van der Waals surface area contributed by atoms with E-state index in [2.05, 4.69) is 0 Å². The molecule has 3 N–H and O–H groups in total. The van der Waals surface area contributed by atoms with Crippen LogP contribution in [-0.4, -0.2) is 52.8 Å². The second-order valence-corrected chi connectivity index (χ2v) is 8.48. The summed E-state index contributed by atoms with van der Waals surface area (Å²) in [4.78, 5) is 10.7. The van der Waals surface area contributed by atoms with E-state index in [1.807, 2.05) is 0 Å². The van der Waals surface area contributed by atoms with Crippen molar-refractivity contribution in [2.24, 2.45) is 17.8 Å². The van der Waals surface area contributed by atoms with Crippen LogP contribution in [0.25, 0.3) is 0 Å². The summed E-state index contributed by atoms with van der Waals surface area (Å²) < 4.78 is 38.0. The molecule has 1 heterocycles. The maximum Gasteiger partial charge on any atom is 0.303 e. The number of fused-ring (bicyclic) bond motifs is 1. The second kappa shape index (κ2) is 11.0. The van der Waals surface area contributed by atoms with Gasteiger partial charge in [-0.3, -0.25) is 4.79 Å². The summed E-state index contributed by atoms with van der Waals surface area (Å²) in [6.07, 6.45) is 5.47. The van der Waals surface area contributed by atoms with E-state index in [-0.39, 0.29) is 36.7 Å². The van der Waals surface area contributed by atoms with Crippen LogP contribution in [0, 0.1) is 29.4 Å². The summed E-state index contributed by atoms with van der Waals surface area (Å²) in [5, 5.41) is 29.4. The van der Waals surface area contributed by atoms with Crippen LogP contribution in [0.1, 0.15) is 38.5 Å². The maximum atomic E-state index is 13.6. The fraction of sp³-hybridized carbons (Fsp3) is 0.609. The Morgan fingerprint density at radius 1 is 1.32 bits per heavy atom. The van der Waals surface area contributed by atoms with Crippen molar-refractivity contribution in [3.8, 4) is 5.75 Å². The molecule has 0 bridgehead atoms. The first kappa shape index (κ1) is 23.6. The minimum atomic E-state index is -1.04. The fourth-order valence-electron chi connectivity index (χ4n) is 4.56. The van der Waals surface area contributed by atoms with Crippen molar-refractivity contribution in [2.45, 2.75) is 56.8 Å². The molecule has 1 saturated heterocycles. The summed E-state index contributed by atoms with van der Waals surface area (Å²) in [7, 11) is 0. The Hall–Kier alpha value is -2.03. The molecule has 3 rings (SSSR count). The van der Waals surface area contributed by atoms with Crippen molar-refractivity contribution < 1.29 is 38.4 Å². The highest BCUT2D eigenvalue weighted by Crippen LogP contribution is 2.42. The fourth-order valence-corrected chi connectivity index (χ4v) is 4.56. The van der Waals surface area contributed by atoms with Crippen molar-refractivity contribution in [1.82, 2.24) is 0 Å². The van der Waals surface area contributed by atoms with Gasteiger partial charge in [0.2, 0.25) is 0 Å². The maximum absolute atomic E-state index is 13.6. The Balaban J connectivity index is 1.51. The molecule has 1 aromatic rings. The van der Waals surface area contributed by atoms with Gasteiger partial charge in [-0.2, -0.15) is 0 Å². The summed E-state index contributed by atoms with van der Waals surface area (Å²) >= 11 is 0. The molecule has 1 saturated carbocycles. The molecule has 2 aliphatic rings. The van der Waals surface area contributed by atoms with Crippen LogP contribution in [0.4, 0.5) is 8.78 Å². The Morgan fingerprint density at radius 2 is 2.13 bits per heavy atom. The van der Waals surface area contributed by atoms with Crippen LogP contribution in [-0.2, 0) is 9.53 Å². The number of carbonyl (C=O) groups is 1. The van der Waals surface area contributed by atoms with E-state index in [4.69, 9.17) is 14.6 Å². The molecule has 1 aromatic carbocycles. The third kappa shape index (κ3) is 6.72. The van der Waals surface area contributed by atoms with Crippen LogP contribution < -0.4 is 4.74 Å². The molecule has 6 atom stereocenters. The van der Waals surface area contributed by atoms with E-state index in [0.29, 0.717) is 25.4 Å². The molecule has 0 aromatic heterocycles. The normalized spacial score (nSPS) is 29.5. The molecule has 0 spiro atoms. The minimum absolute atomic E-state index is 0.0658. The number of hydrogen-bond acceptors (Lipinski definition) is 5. The standard InChI is InChI=1S/C23H30F2O6/c24-15-5-9-19(25)22(10-15)31-13-16(26)6-8-17-18-7-4-14(2-1-3-23(28)29)12-30-21(18)11-20(17)27/h5-6,8-10,14,16-18,20-21,26-27H,1-4,7,11-13H2,(H,28,29)/b8-6+/t14-,16-,17-,18-,20-,21+/m1/s1. The zero-order chi connectivity index (χ0) is 22.4. The number of halogens is 2. The third-order valence-corrected chi connectivity index (χ3v) is 6.21. The number of aliphatic hydroxyl groups excluding tert-OH is 2. The molecule has 31 heavy (non-hydrogen) atoms. The smallest absolute Gasteiger partial charge is 0.303 e. The molecular weight excluding hydrogens is 410 g/mol. The zero-order valence-electron chi connectivity index (χ0n) is 17.3. The lowest BCUT2D eigenvalue weighted by atomic mass is 9.86. The highest BCUT2D eigenvalue weighted by Gasteiger charge is 2.43. The Bertz CT molecular complexity index is 770. The number of aliphatic hydroxyl groups is 2. The molecule has 2 fully saturated rings. The highest BCUT2D eigenvalue weighted by atomic mass is 19.1. The molecule has 0 amide bonds. The predicted octanol–water partition coefficient (Wildman–Crippen LogP) is 3.31. The third-order valence-electron chi connectivity index (χ3n) is 6.21. The molecule has 8 heteroatoms. The van der Waals surface area contributed by atoms with Gasteiger partial charge in [-0.1, -0.05) is 12.2 Å². The van der Waals surface area contributed by atoms with Gasteiger partial charge in [0, 0.05) is 31.4 Å². The van der Waals surface area contributed by atoms with Crippen molar-refractivity contribution in [3.63, 3.8) is 0 Å². The number of hydrogen-bond donors (Lipinski definition) is 3. The zero-order valence-corrected chi connectivity index (χ0v) is 17.3. The van der Waals surface area contributed by atoms with Gasteiger partial charge in [-0.15, -0.1) is 0 Å². The Morgan fingerprint density at radius 3 is 2.90 bits per heavy atom. The minimum Gasteiger partial charge on any atom is -0.487 e. The van der Waals surface area contributed by atoms with E-state index in [0.717, 1.165) is 37.5 Å². The van der Waals surface area contributed by atoms with Crippen LogP contribution in [0.15, 0.2) is 30.4 Å². The average molecular weight is 440 g/mol. The lowest BCUT2D eigenvalue weighted by molar-refractivity contribution is -0.137. The van der Waals surface area contributed by atoms with Gasteiger partial charge in [-0.05, 0) is 49.7 Å². The number of carboxylic acids is 1. The Labute approximate surface area is 180 Å². The average Bonchev–Trinajstić information content (AvgIpc) is 2.88. The number of ether oxygens (including phenoxy) is 2. The SMILES string of the molecule is O=C(O)CCC[C@@H]1CC[C@@H]2[C@@H](/C=C/[C@@H](O)COc3cc(F)ccc3F)[C@H](O)C[C@@H]2OC1. The van der Waals surface area contributed by atoms with E-state index in [1.54, 1.807) is 6.08 Å². The molecule has 1 aliphatic carbocycles. The van der Waals surface area contributed by atoms with Gasteiger partial charge in [0.1, 0.15) is 18.5 Å². The van der Waals surface area contributed by atoms with Gasteiger partial charge in [-0.25, -0.2) is 8.78 Å². The summed E-state index contributed by atoms with van der Waals surface area (Å²) in [6, 6.07) is 2.87. The Kier molecular flexibility index (Phi) is 8.40. The summed E-state index contributed by atoms with van der Waals surface area (Å²) in [5.41, 5.74) is 0. The number of carboxylic acid groups (broad SMARTS) is 1. The van der Waals surface area contributed by atoms with E-state index in [1.165, 1.54) is 6.08 Å². The molecule has 172 valence electrons. The largest absolute Gasteiger partial charge is 0.487 e. The lowest BCUT2D eigenvalue weighted by Crippen LogP contribution is -2.22. The van der Waals surface area contributed by atoms with E-state index >= 15 is 0 Å².